The molecule has 1 amide bonds. The number of benzene rings is 3. The highest BCUT2D eigenvalue weighted by Gasteiger charge is 2.36. The first-order valence-corrected chi connectivity index (χ1v) is 11.8. The lowest BCUT2D eigenvalue weighted by Gasteiger charge is -2.28. The fraction of sp³-hybridized carbons (Fsp3) is 0.259. The Kier molecular flexibility index (Phi) is 7.03. The van der Waals surface area contributed by atoms with Gasteiger partial charge in [0.1, 0.15) is 17.2 Å². The second kappa shape index (κ2) is 10.1. The molecule has 34 heavy (non-hydrogen) atoms. The molecule has 1 atom stereocenters. The molecular weight excluding hydrogens is 448 g/mol. The number of methoxy groups -OCH3 is 3. The number of para-hydroxylation sites is 1. The Morgan fingerprint density at radius 1 is 0.941 bits per heavy atom. The van der Waals surface area contributed by atoms with Gasteiger partial charge in [-0.05, 0) is 24.6 Å². The highest BCUT2D eigenvalue weighted by Crippen LogP contribution is 2.35. The molecule has 1 N–H and O–H groups in total. The van der Waals surface area contributed by atoms with Crippen LogP contribution in [0.3, 0.4) is 0 Å². The van der Waals surface area contributed by atoms with Crippen LogP contribution in [0.25, 0.3) is 10.2 Å². The van der Waals surface area contributed by atoms with E-state index in [1.807, 2.05) is 55.5 Å². The number of carbonyl (C=O) groups is 1. The first kappa shape index (κ1) is 23.6. The summed E-state index contributed by atoms with van der Waals surface area (Å²) >= 11 is 1.62. The highest BCUT2D eigenvalue weighted by molar-refractivity contribution is 7.18. The van der Waals surface area contributed by atoms with Crippen LogP contribution in [0.2, 0.25) is 0 Å². The quantitative estimate of drug-likeness (QED) is 0.362. The Bertz CT molecular complexity index is 1230. The first-order chi connectivity index (χ1) is 16.5. The molecule has 3 aromatic carbocycles. The van der Waals surface area contributed by atoms with Crippen molar-refractivity contribution >= 4 is 27.5 Å². The Morgan fingerprint density at radius 3 is 2.21 bits per heavy atom. The number of rotatable bonds is 9. The van der Waals surface area contributed by atoms with Crippen molar-refractivity contribution in [1.29, 1.82) is 0 Å². The number of hydrogen-bond acceptors (Lipinski definition) is 6. The molecule has 0 aliphatic heterocycles. The molecule has 4 rings (SSSR count). The van der Waals surface area contributed by atoms with E-state index in [0.717, 1.165) is 26.4 Å². The normalized spacial score (nSPS) is 12.7. The Balaban J connectivity index is 1.64. The molecule has 0 aliphatic carbocycles. The smallest absolute Gasteiger partial charge is 0.231 e. The van der Waals surface area contributed by atoms with Gasteiger partial charge in [-0.25, -0.2) is 4.98 Å². The topological polar surface area (TPSA) is 69.7 Å². The van der Waals surface area contributed by atoms with Gasteiger partial charge in [-0.3, -0.25) is 4.79 Å². The molecule has 0 bridgehead atoms. The minimum atomic E-state index is -0.817. The maximum atomic E-state index is 13.7. The molecule has 0 radical (unpaired) electrons. The molecule has 0 spiro atoms. The van der Waals surface area contributed by atoms with Gasteiger partial charge in [-0.2, -0.15) is 0 Å². The zero-order valence-electron chi connectivity index (χ0n) is 19.8. The van der Waals surface area contributed by atoms with Gasteiger partial charge in [-0.1, -0.05) is 42.5 Å². The van der Waals surface area contributed by atoms with Gasteiger partial charge in [0.05, 0.1) is 54.1 Å². The van der Waals surface area contributed by atoms with Crippen LogP contribution >= 0.6 is 11.3 Å². The predicted octanol–water partition coefficient (Wildman–Crippen LogP) is 5.14. The minimum absolute atomic E-state index is 0.0992. The summed E-state index contributed by atoms with van der Waals surface area (Å²) in [5.74, 6) is 1.69. The van der Waals surface area contributed by atoms with Gasteiger partial charge in [0.15, 0.2) is 0 Å². The van der Waals surface area contributed by atoms with Crippen LogP contribution in [-0.4, -0.2) is 32.2 Å². The molecular formula is C27H28N2O4S. The van der Waals surface area contributed by atoms with Crippen LogP contribution in [0.4, 0.5) is 0 Å². The SMILES string of the molecule is COc1cc(OC)c(CNC(=O)C(C)(Cc2nc3ccccc3s2)c2ccccc2)c(OC)c1. The van der Waals surface area contributed by atoms with E-state index in [1.165, 1.54) is 0 Å². The summed E-state index contributed by atoms with van der Waals surface area (Å²) in [7, 11) is 4.75. The number of aromatic nitrogens is 1. The Hall–Kier alpha value is -3.58. The van der Waals surface area contributed by atoms with Gasteiger partial charge in [0.25, 0.3) is 0 Å². The summed E-state index contributed by atoms with van der Waals surface area (Å²) in [6.07, 6.45) is 0.485. The largest absolute Gasteiger partial charge is 0.496 e. The average molecular weight is 477 g/mol. The van der Waals surface area contributed by atoms with Crippen molar-refractivity contribution in [1.82, 2.24) is 10.3 Å². The molecule has 176 valence electrons. The van der Waals surface area contributed by atoms with Gasteiger partial charge in [0.2, 0.25) is 5.91 Å². The summed E-state index contributed by atoms with van der Waals surface area (Å²) in [4.78, 5) is 18.5. The summed E-state index contributed by atoms with van der Waals surface area (Å²) in [6.45, 7) is 2.21. The molecule has 1 heterocycles. The number of thiazole rings is 1. The number of carbonyl (C=O) groups excluding carboxylic acids is 1. The standard InChI is InChI=1S/C27H28N2O4S/c1-27(18-10-6-5-7-11-18,16-25-29-21-12-8-9-13-24(21)34-25)26(30)28-17-20-22(32-3)14-19(31-2)15-23(20)33-4/h5-15H,16-17H2,1-4H3,(H,28,30). The van der Waals surface area contributed by atoms with E-state index in [1.54, 1.807) is 44.8 Å². The van der Waals surface area contributed by atoms with E-state index in [2.05, 4.69) is 11.4 Å². The van der Waals surface area contributed by atoms with Crippen molar-refractivity contribution in [2.24, 2.45) is 0 Å². The van der Waals surface area contributed by atoms with Gasteiger partial charge in [0, 0.05) is 18.6 Å². The third-order valence-corrected chi connectivity index (χ3v) is 7.03. The van der Waals surface area contributed by atoms with Crippen LogP contribution in [-0.2, 0) is 23.2 Å². The molecule has 0 fully saturated rings. The maximum absolute atomic E-state index is 13.7. The van der Waals surface area contributed by atoms with E-state index in [0.29, 0.717) is 23.7 Å². The lowest BCUT2D eigenvalue weighted by Crippen LogP contribution is -2.43. The number of ether oxygens (including phenoxy) is 3. The summed E-state index contributed by atoms with van der Waals surface area (Å²) in [5.41, 5.74) is 1.81. The predicted molar refractivity (Wildman–Crippen MR) is 135 cm³/mol. The monoisotopic (exact) mass is 476 g/mol. The first-order valence-electron chi connectivity index (χ1n) is 11.0. The maximum Gasteiger partial charge on any atom is 0.231 e. The number of amides is 1. The third kappa shape index (κ3) is 4.70. The Labute approximate surface area is 203 Å². The van der Waals surface area contributed by atoms with Crippen LogP contribution in [0.1, 0.15) is 23.1 Å². The van der Waals surface area contributed by atoms with Crippen molar-refractivity contribution in [2.75, 3.05) is 21.3 Å². The third-order valence-electron chi connectivity index (χ3n) is 6.00. The van der Waals surface area contributed by atoms with Crippen molar-refractivity contribution < 1.29 is 19.0 Å². The zero-order chi connectivity index (χ0) is 24.1. The van der Waals surface area contributed by atoms with E-state index in [4.69, 9.17) is 19.2 Å². The molecule has 0 aliphatic rings. The van der Waals surface area contributed by atoms with E-state index in [9.17, 15) is 4.79 Å². The molecule has 1 aromatic heterocycles. The number of nitrogens with one attached hydrogen (secondary N) is 1. The second-order valence-corrected chi connectivity index (χ2v) is 9.26. The number of hydrogen-bond donors (Lipinski definition) is 1. The molecule has 0 saturated carbocycles. The highest BCUT2D eigenvalue weighted by atomic mass is 32.1. The summed E-state index contributed by atoms with van der Waals surface area (Å²) in [6, 6.07) is 21.4. The van der Waals surface area contributed by atoms with Crippen molar-refractivity contribution in [2.45, 2.75) is 25.3 Å². The zero-order valence-corrected chi connectivity index (χ0v) is 20.6. The van der Waals surface area contributed by atoms with Crippen molar-refractivity contribution in [3.63, 3.8) is 0 Å². The molecule has 7 heteroatoms. The van der Waals surface area contributed by atoms with Crippen LogP contribution in [0.5, 0.6) is 17.2 Å². The number of nitrogens with zero attached hydrogens (tertiary/aromatic N) is 1. The lowest BCUT2D eigenvalue weighted by atomic mass is 9.78. The molecule has 1 unspecified atom stereocenters. The minimum Gasteiger partial charge on any atom is -0.496 e. The summed E-state index contributed by atoms with van der Waals surface area (Å²) < 4.78 is 17.5. The number of fused-ring (bicyclic) bond motifs is 1. The fourth-order valence-corrected chi connectivity index (χ4v) is 5.16. The van der Waals surface area contributed by atoms with Crippen molar-refractivity contribution in [3.8, 4) is 17.2 Å². The van der Waals surface area contributed by atoms with E-state index >= 15 is 0 Å². The fourth-order valence-electron chi connectivity index (χ4n) is 4.03. The lowest BCUT2D eigenvalue weighted by molar-refractivity contribution is -0.126. The van der Waals surface area contributed by atoms with Crippen LogP contribution in [0, 0.1) is 0 Å². The van der Waals surface area contributed by atoms with Crippen molar-refractivity contribution in [3.05, 3.63) is 82.9 Å². The Morgan fingerprint density at radius 2 is 1.59 bits per heavy atom. The summed E-state index contributed by atoms with van der Waals surface area (Å²) in [5, 5.41) is 4.03. The molecule has 0 saturated heterocycles. The van der Waals surface area contributed by atoms with E-state index in [-0.39, 0.29) is 12.5 Å². The van der Waals surface area contributed by atoms with Gasteiger partial charge in [-0.15, -0.1) is 11.3 Å². The van der Waals surface area contributed by atoms with Crippen LogP contribution < -0.4 is 19.5 Å². The second-order valence-electron chi connectivity index (χ2n) is 8.14. The molecule has 4 aromatic rings. The van der Waals surface area contributed by atoms with E-state index < -0.39 is 5.41 Å². The average Bonchev–Trinajstić information content (AvgIpc) is 3.29. The van der Waals surface area contributed by atoms with Gasteiger partial charge >= 0.3 is 0 Å². The van der Waals surface area contributed by atoms with Crippen LogP contribution in [0.15, 0.2) is 66.7 Å². The molecule has 6 nitrogen and oxygen atoms in total. The van der Waals surface area contributed by atoms with Gasteiger partial charge < -0.3 is 19.5 Å².